The van der Waals surface area contributed by atoms with Gasteiger partial charge in [0.25, 0.3) is 5.56 Å². The van der Waals surface area contributed by atoms with E-state index in [4.69, 9.17) is 17.2 Å². The Kier molecular flexibility index (Phi) is 4.04. The summed E-state index contributed by atoms with van der Waals surface area (Å²) >= 11 is 5.35. The molecule has 1 aromatic carbocycles. The molecule has 4 heterocycles. The van der Waals surface area contributed by atoms with Crippen molar-refractivity contribution in [3.63, 3.8) is 0 Å². The van der Waals surface area contributed by atoms with E-state index >= 15 is 0 Å². The summed E-state index contributed by atoms with van der Waals surface area (Å²) < 4.78 is 0. The van der Waals surface area contributed by atoms with Crippen molar-refractivity contribution in [3.8, 4) is 0 Å². The van der Waals surface area contributed by atoms with Crippen molar-refractivity contribution in [2.24, 2.45) is 20.9 Å². The maximum Gasteiger partial charge on any atom is 0.327 e. The number of aromatic nitrogens is 2. The Bertz CT molecular complexity index is 1360. The normalized spacial score (nSPS) is 22.2. The van der Waals surface area contributed by atoms with Crippen LogP contribution in [0, 0.1) is 12.8 Å². The molecular formula is C21H18N6O2S. The third-order valence-electron chi connectivity index (χ3n) is 5.62. The summed E-state index contributed by atoms with van der Waals surface area (Å²) in [5, 5.41) is 3.59. The molecule has 2 unspecified atom stereocenters. The van der Waals surface area contributed by atoms with Gasteiger partial charge in [0.15, 0.2) is 10.9 Å². The lowest BCUT2D eigenvalue weighted by molar-refractivity contribution is 0.819. The molecule has 0 radical (unpaired) electrons. The predicted octanol–water partition coefficient (Wildman–Crippen LogP) is 2.24. The minimum atomic E-state index is -0.601. The molecule has 150 valence electrons. The molecular weight excluding hydrogens is 400 g/mol. The molecule has 0 bridgehead atoms. The van der Waals surface area contributed by atoms with E-state index in [2.05, 4.69) is 25.3 Å². The molecule has 8 nitrogen and oxygen atoms in total. The first-order valence-electron chi connectivity index (χ1n) is 9.51. The van der Waals surface area contributed by atoms with Crippen LogP contribution in [0.4, 0.5) is 5.82 Å². The Morgan fingerprint density at radius 2 is 1.60 bits per heavy atom. The van der Waals surface area contributed by atoms with Gasteiger partial charge in [0.05, 0.1) is 11.5 Å². The summed E-state index contributed by atoms with van der Waals surface area (Å²) in [6.07, 6.45) is 0. The molecule has 0 spiro atoms. The SMILES string of the molecule is CC1=NC(=S)NC2=C3C(=Nc4[nH]c(=O)[nH]c(=O)c4C3c3ccc(C)cc3)N=C(C)C12. The van der Waals surface area contributed by atoms with Crippen molar-refractivity contribution >= 4 is 40.4 Å². The van der Waals surface area contributed by atoms with Gasteiger partial charge < -0.3 is 5.32 Å². The van der Waals surface area contributed by atoms with Crippen LogP contribution in [0.3, 0.4) is 0 Å². The molecule has 3 aliphatic rings. The Hall–Kier alpha value is -3.46. The molecule has 0 saturated heterocycles. The number of aliphatic imine (C=N–C) groups is 3. The van der Waals surface area contributed by atoms with Crippen molar-refractivity contribution in [1.82, 2.24) is 15.3 Å². The molecule has 9 heteroatoms. The fourth-order valence-corrected chi connectivity index (χ4v) is 4.60. The van der Waals surface area contributed by atoms with Crippen LogP contribution in [-0.4, -0.2) is 32.3 Å². The minimum Gasteiger partial charge on any atom is -0.333 e. The monoisotopic (exact) mass is 418 g/mol. The van der Waals surface area contributed by atoms with E-state index in [0.29, 0.717) is 16.5 Å². The molecule has 3 N–H and O–H groups in total. The third-order valence-corrected chi connectivity index (χ3v) is 5.81. The van der Waals surface area contributed by atoms with Gasteiger partial charge in [0.1, 0.15) is 5.82 Å². The van der Waals surface area contributed by atoms with Gasteiger partial charge in [0.2, 0.25) is 0 Å². The van der Waals surface area contributed by atoms with E-state index in [1.54, 1.807) is 0 Å². The average Bonchev–Trinajstić information content (AvgIpc) is 2.66. The summed E-state index contributed by atoms with van der Waals surface area (Å²) in [6, 6.07) is 7.94. The second-order valence-electron chi connectivity index (χ2n) is 7.65. The smallest absolute Gasteiger partial charge is 0.327 e. The second-order valence-corrected chi connectivity index (χ2v) is 8.03. The van der Waals surface area contributed by atoms with Crippen LogP contribution in [0.25, 0.3) is 0 Å². The van der Waals surface area contributed by atoms with Crippen LogP contribution < -0.4 is 16.6 Å². The number of fused-ring (bicyclic) bond motifs is 3. The number of nitrogens with one attached hydrogen (secondary N) is 3. The first-order chi connectivity index (χ1) is 14.3. The number of nitrogens with zero attached hydrogens (tertiary/aromatic N) is 3. The maximum absolute atomic E-state index is 12.9. The Labute approximate surface area is 176 Å². The molecule has 3 aliphatic heterocycles. The Morgan fingerprint density at radius 3 is 2.33 bits per heavy atom. The second kappa shape index (κ2) is 6.53. The summed E-state index contributed by atoms with van der Waals surface area (Å²) in [5.74, 6) is 0.0572. The van der Waals surface area contributed by atoms with Gasteiger partial charge >= 0.3 is 5.69 Å². The first-order valence-corrected chi connectivity index (χ1v) is 9.92. The summed E-state index contributed by atoms with van der Waals surface area (Å²) in [5.41, 5.74) is 4.58. The van der Waals surface area contributed by atoms with Crippen LogP contribution in [0.2, 0.25) is 0 Å². The topological polar surface area (TPSA) is 115 Å². The molecule has 0 fully saturated rings. The van der Waals surface area contributed by atoms with Crippen molar-refractivity contribution in [1.29, 1.82) is 0 Å². The van der Waals surface area contributed by atoms with Gasteiger partial charge in [-0.25, -0.2) is 19.8 Å². The van der Waals surface area contributed by atoms with Gasteiger partial charge in [-0.1, -0.05) is 29.8 Å². The number of rotatable bonds is 1. The highest BCUT2D eigenvalue weighted by atomic mass is 32.1. The first kappa shape index (κ1) is 18.6. The molecule has 0 amide bonds. The van der Waals surface area contributed by atoms with Crippen LogP contribution in [0.15, 0.2) is 60.1 Å². The van der Waals surface area contributed by atoms with Crippen LogP contribution >= 0.6 is 12.2 Å². The van der Waals surface area contributed by atoms with E-state index in [1.165, 1.54) is 0 Å². The number of aromatic amines is 2. The highest BCUT2D eigenvalue weighted by molar-refractivity contribution is 7.80. The number of dihydropyridines is 1. The molecule has 2 aromatic rings. The highest BCUT2D eigenvalue weighted by Crippen LogP contribution is 2.43. The molecule has 5 rings (SSSR count). The number of hydrogen-bond acceptors (Lipinski definition) is 5. The van der Waals surface area contributed by atoms with E-state index in [1.807, 2.05) is 45.0 Å². The zero-order valence-electron chi connectivity index (χ0n) is 16.5. The number of aryl methyl sites for hydroxylation is 1. The van der Waals surface area contributed by atoms with Gasteiger partial charge in [-0.05, 0) is 38.6 Å². The van der Waals surface area contributed by atoms with Crippen LogP contribution in [-0.2, 0) is 0 Å². The van der Waals surface area contributed by atoms with E-state index in [0.717, 1.165) is 33.8 Å². The van der Waals surface area contributed by atoms with Gasteiger partial charge in [-0.15, -0.1) is 0 Å². The number of thiocarbonyl (C=S) groups is 1. The molecule has 0 saturated carbocycles. The summed E-state index contributed by atoms with van der Waals surface area (Å²) in [4.78, 5) is 43.5. The number of allylic oxidation sites excluding steroid dienone is 1. The lowest BCUT2D eigenvalue weighted by atomic mass is 9.77. The van der Waals surface area contributed by atoms with Crippen molar-refractivity contribution < 1.29 is 0 Å². The van der Waals surface area contributed by atoms with Gasteiger partial charge in [-0.3, -0.25) is 14.8 Å². The third kappa shape index (κ3) is 2.73. The maximum atomic E-state index is 12.9. The quantitative estimate of drug-likeness (QED) is 0.616. The predicted molar refractivity (Wildman–Crippen MR) is 120 cm³/mol. The zero-order valence-corrected chi connectivity index (χ0v) is 17.3. The number of benzene rings is 1. The number of amidine groups is 1. The number of H-pyrrole nitrogens is 2. The highest BCUT2D eigenvalue weighted by Gasteiger charge is 2.41. The lowest BCUT2D eigenvalue weighted by Gasteiger charge is -2.36. The molecule has 0 aliphatic carbocycles. The van der Waals surface area contributed by atoms with Crippen molar-refractivity contribution in [2.75, 3.05) is 0 Å². The fraction of sp³-hybridized carbons (Fsp3) is 0.238. The van der Waals surface area contributed by atoms with Crippen molar-refractivity contribution in [2.45, 2.75) is 26.7 Å². The van der Waals surface area contributed by atoms with E-state index < -0.39 is 17.2 Å². The summed E-state index contributed by atoms with van der Waals surface area (Å²) in [7, 11) is 0. The fourth-order valence-electron chi connectivity index (χ4n) is 4.35. The van der Waals surface area contributed by atoms with Crippen LogP contribution in [0.1, 0.15) is 36.5 Å². The summed E-state index contributed by atoms with van der Waals surface area (Å²) in [6.45, 7) is 5.83. The molecule has 1 aromatic heterocycles. The average molecular weight is 418 g/mol. The Balaban J connectivity index is 1.88. The minimum absolute atomic E-state index is 0.165. The van der Waals surface area contributed by atoms with Gasteiger partial charge in [-0.2, -0.15) is 0 Å². The van der Waals surface area contributed by atoms with E-state index in [9.17, 15) is 9.59 Å². The molecule has 30 heavy (non-hydrogen) atoms. The van der Waals surface area contributed by atoms with Gasteiger partial charge in [0, 0.05) is 28.6 Å². The standard InChI is InChI=1S/C21H18N6O2S/c1-8-4-6-11(7-5-8)13-14-16-12(10(3)23-21(30)24-16)9(2)22-17(14)25-18-15(13)19(28)27-20(29)26-18/h4-7,12-13H,1-3H3,(H,24,30)(H2,26,27,28,29). The lowest BCUT2D eigenvalue weighted by Crippen LogP contribution is -2.44. The Morgan fingerprint density at radius 1 is 0.900 bits per heavy atom. The zero-order chi connectivity index (χ0) is 21.2. The number of hydrogen-bond donors (Lipinski definition) is 3. The van der Waals surface area contributed by atoms with Crippen molar-refractivity contribution in [3.05, 3.63) is 73.1 Å². The van der Waals surface area contributed by atoms with Crippen LogP contribution in [0.5, 0.6) is 0 Å². The van der Waals surface area contributed by atoms with E-state index in [-0.39, 0.29) is 11.7 Å². The largest absolute Gasteiger partial charge is 0.333 e. The molecule has 2 atom stereocenters.